The van der Waals surface area contributed by atoms with E-state index in [9.17, 15) is 24.4 Å². The van der Waals surface area contributed by atoms with Gasteiger partial charge in [-0.2, -0.15) is 0 Å². The Labute approximate surface area is 119 Å². The molecule has 0 aliphatic carbocycles. The maximum atomic E-state index is 13.6. The lowest BCUT2D eigenvalue weighted by Crippen LogP contribution is -2.38. The summed E-state index contributed by atoms with van der Waals surface area (Å²) in [5.41, 5.74) is 0.970. The van der Waals surface area contributed by atoms with E-state index in [1.165, 1.54) is 4.90 Å². The van der Waals surface area contributed by atoms with Gasteiger partial charge in [-0.3, -0.25) is 20.8 Å². The van der Waals surface area contributed by atoms with Gasteiger partial charge < -0.3 is 15.4 Å². The number of aliphatic hydroxyl groups excluding tert-OH is 1. The molecule has 1 aliphatic heterocycles. The number of nitrogens with two attached hydrogens (primary N) is 1. The molecular formula is C12H15FN4O4. The monoisotopic (exact) mass is 298 g/mol. The fourth-order valence-corrected chi connectivity index (χ4v) is 2.44. The largest absolute Gasteiger partial charge is 0.394 e. The fourth-order valence-electron chi connectivity index (χ4n) is 2.44. The van der Waals surface area contributed by atoms with Crippen molar-refractivity contribution in [1.82, 2.24) is 4.90 Å². The van der Waals surface area contributed by atoms with Crippen LogP contribution in [0, 0.1) is 15.9 Å². The lowest BCUT2D eigenvalue weighted by Gasteiger charge is -2.23. The molecule has 0 radical (unpaired) electrons. The van der Waals surface area contributed by atoms with Crippen molar-refractivity contribution in [1.29, 1.82) is 0 Å². The lowest BCUT2D eigenvalue weighted by molar-refractivity contribution is -0.385. The van der Waals surface area contributed by atoms with Gasteiger partial charge in [-0.15, -0.1) is 0 Å². The van der Waals surface area contributed by atoms with E-state index in [2.05, 4.69) is 5.43 Å². The van der Waals surface area contributed by atoms with Crippen LogP contribution in [0.4, 0.5) is 15.8 Å². The molecule has 9 heteroatoms. The molecule has 114 valence electrons. The highest BCUT2D eigenvalue weighted by Crippen LogP contribution is 2.29. The molecular weight excluding hydrogens is 283 g/mol. The van der Waals surface area contributed by atoms with Gasteiger partial charge in [0.2, 0.25) is 0 Å². The molecule has 0 aromatic heterocycles. The van der Waals surface area contributed by atoms with Crippen LogP contribution >= 0.6 is 0 Å². The van der Waals surface area contributed by atoms with Gasteiger partial charge in [-0.1, -0.05) is 0 Å². The molecule has 4 N–H and O–H groups in total. The third kappa shape index (κ3) is 2.78. The van der Waals surface area contributed by atoms with Crippen molar-refractivity contribution in [3.05, 3.63) is 33.6 Å². The Hall–Kier alpha value is -2.26. The van der Waals surface area contributed by atoms with Gasteiger partial charge in [0.05, 0.1) is 29.3 Å². The average Bonchev–Trinajstić information content (AvgIpc) is 2.94. The summed E-state index contributed by atoms with van der Waals surface area (Å²) in [6.45, 7) is 0.173. The summed E-state index contributed by atoms with van der Waals surface area (Å²) in [4.78, 5) is 24.0. The zero-order chi connectivity index (χ0) is 15.6. The first kappa shape index (κ1) is 15.1. The standard InChI is InChI=1S/C12H15FN4O4/c13-9-5-11(17(20)21)8(4-10(9)15-14)12(19)16-3-1-2-7(16)6-18/h4-5,7,15,18H,1-3,6,14H2. The van der Waals surface area contributed by atoms with E-state index in [4.69, 9.17) is 5.84 Å². The van der Waals surface area contributed by atoms with E-state index in [0.29, 0.717) is 25.5 Å². The zero-order valence-corrected chi connectivity index (χ0v) is 11.1. The summed E-state index contributed by atoms with van der Waals surface area (Å²) < 4.78 is 13.6. The Bertz CT molecular complexity index is 581. The molecule has 1 amide bonds. The topological polar surface area (TPSA) is 122 Å². The van der Waals surface area contributed by atoms with Crippen LogP contribution in [0.3, 0.4) is 0 Å². The Morgan fingerprint density at radius 3 is 2.90 bits per heavy atom. The maximum Gasteiger partial charge on any atom is 0.285 e. The molecule has 1 saturated heterocycles. The molecule has 2 rings (SSSR count). The summed E-state index contributed by atoms with van der Waals surface area (Å²) in [5, 5.41) is 20.2. The number of nitrogens with zero attached hydrogens (tertiary/aromatic N) is 2. The summed E-state index contributed by atoms with van der Waals surface area (Å²) in [6, 6.07) is 1.30. The van der Waals surface area contributed by atoms with E-state index in [0.717, 1.165) is 6.07 Å². The second-order valence-corrected chi connectivity index (χ2v) is 4.73. The van der Waals surface area contributed by atoms with Crippen LogP contribution in [0.15, 0.2) is 12.1 Å². The number of nitro benzene ring substituents is 1. The number of carbonyl (C=O) groups is 1. The number of benzene rings is 1. The highest BCUT2D eigenvalue weighted by atomic mass is 19.1. The SMILES string of the molecule is NNc1cc(C(=O)N2CCCC2CO)c([N+](=O)[O-])cc1F. The number of likely N-dealkylation sites (tertiary alicyclic amines) is 1. The highest BCUT2D eigenvalue weighted by Gasteiger charge is 2.33. The number of hydrogen-bond donors (Lipinski definition) is 3. The number of hydrogen-bond acceptors (Lipinski definition) is 6. The van der Waals surface area contributed by atoms with E-state index in [1.54, 1.807) is 0 Å². The average molecular weight is 298 g/mol. The maximum absolute atomic E-state index is 13.6. The molecule has 8 nitrogen and oxygen atoms in total. The van der Waals surface area contributed by atoms with Crippen molar-refractivity contribution in [2.24, 2.45) is 5.84 Å². The van der Waals surface area contributed by atoms with Gasteiger partial charge in [-0.05, 0) is 18.9 Å². The van der Waals surface area contributed by atoms with E-state index in [-0.39, 0.29) is 23.9 Å². The van der Waals surface area contributed by atoms with E-state index in [1.807, 2.05) is 0 Å². The van der Waals surface area contributed by atoms with E-state index < -0.39 is 22.3 Å². The van der Waals surface area contributed by atoms with Crippen molar-refractivity contribution in [2.45, 2.75) is 18.9 Å². The molecule has 1 unspecified atom stereocenters. The molecule has 1 fully saturated rings. The number of rotatable bonds is 4. The van der Waals surface area contributed by atoms with Crippen molar-refractivity contribution >= 4 is 17.3 Å². The van der Waals surface area contributed by atoms with Gasteiger partial charge in [0.25, 0.3) is 11.6 Å². The number of nitrogens with one attached hydrogen (secondary N) is 1. The number of nitro groups is 1. The summed E-state index contributed by atoms with van der Waals surface area (Å²) >= 11 is 0. The van der Waals surface area contributed by atoms with Gasteiger partial charge in [0.15, 0.2) is 5.82 Å². The summed E-state index contributed by atoms with van der Waals surface area (Å²) in [7, 11) is 0. The van der Waals surface area contributed by atoms with Crippen LogP contribution in [-0.2, 0) is 0 Å². The Morgan fingerprint density at radius 1 is 1.62 bits per heavy atom. The quantitative estimate of drug-likeness (QED) is 0.425. The minimum absolute atomic E-state index is 0.205. The molecule has 1 atom stereocenters. The predicted molar refractivity (Wildman–Crippen MR) is 72.0 cm³/mol. The first-order valence-electron chi connectivity index (χ1n) is 6.36. The molecule has 21 heavy (non-hydrogen) atoms. The summed E-state index contributed by atoms with van der Waals surface area (Å²) in [5.74, 6) is 3.60. The van der Waals surface area contributed by atoms with Crippen LogP contribution in [0.25, 0.3) is 0 Å². The molecule has 0 saturated carbocycles. The molecule has 1 aromatic rings. The highest BCUT2D eigenvalue weighted by molar-refractivity contribution is 5.99. The third-order valence-electron chi connectivity index (χ3n) is 3.52. The van der Waals surface area contributed by atoms with Crippen molar-refractivity contribution in [2.75, 3.05) is 18.6 Å². The molecule has 0 spiro atoms. The number of carbonyl (C=O) groups excluding carboxylic acids is 1. The molecule has 0 bridgehead atoms. The van der Waals surface area contributed by atoms with Gasteiger partial charge in [0, 0.05) is 6.54 Å². The van der Waals surface area contributed by atoms with Crippen LogP contribution < -0.4 is 11.3 Å². The molecule has 1 heterocycles. The number of amides is 1. The Balaban J connectivity index is 2.46. The number of anilines is 1. The lowest BCUT2D eigenvalue weighted by atomic mass is 10.1. The molecule has 1 aliphatic rings. The van der Waals surface area contributed by atoms with Crippen LogP contribution in [0.5, 0.6) is 0 Å². The van der Waals surface area contributed by atoms with Gasteiger partial charge in [0.1, 0.15) is 5.56 Å². The van der Waals surface area contributed by atoms with E-state index >= 15 is 0 Å². The van der Waals surface area contributed by atoms with Gasteiger partial charge >= 0.3 is 0 Å². The minimum atomic E-state index is -0.916. The number of halogens is 1. The fraction of sp³-hybridized carbons (Fsp3) is 0.417. The second kappa shape index (κ2) is 6.02. The Morgan fingerprint density at radius 2 is 2.33 bits per heavy atom. The van der Waals surface area contributed by atoms with Crippen LogP contribution in [0.1, 0.15) is 23.2 Å². The smallest absolute Gasteiger partial charge is 0.285 e. The van der Waals surface area contributed by atoms with Crippen LogP contribution in [0.2, 0.25) is 0 Å². The number of aliphatic hydroxyl groups is 1. The predicted octanol–water partition coefficient (Wildman–Crippen LogP) is 0.616. The zero-order valence-electron chi connectivity index (χ0n) is 11.1. The third-order valence-corrected chi connectivity index (χ3v) is 3.52. The van der Waals surface area contributed by atoms with Gasteiger partial charge in [-0.25, -0.2) is 4.39 Å². The molecule has 1 aromatic carbocycles. The first-order valence-corrected chi connectivity index (χ1v) is 6.36. The van der Waals surface area contributed by atoms with Crippen molar-refractivity contribution < 1.29 is 19.2 Å². The Kier molecular flexibility index (Phi) is 4.34. The van der Waals surface area contributed by atoms with Crippen molar-refractivity contribution in [3.63, 3.8) is 0 Å². The van der Waals surface area contributed by atoms with Crippen molar-refractivity contribution in [3.8, 4) is 0 Å². The normalized spacial score (nSPS) is 17.9. The minimum Gasteiger partial charge on any atom is -0.394 e. The number of nitrogen functional groups attached to an aromatic ring is 1. The second-order valence-electron chi connectivity index (χ2n) is 4.73. The number of hydrazine groups is 1. The summed E-state index contributed by atoms with van der Waals surface area (Å²) in [6.07, 6.45) is 1.33. The first-order chi connectivity index (χ1) is 9.99. The van der Waals surface area contributed by atoms with Crippen LogP contribution in [-0.4, -0.2) is 40.0 Å².